The highest BCUT2D eigenvalue weighted by atomic mass is 16.7. The van der Waals surface area contributed by atoms with Crippen LogP contribution in [0.25, 0.3) is 0 Å². The SMILES string of the molecule is CCOc1ccc(CC(C#N)c2ccc3c(c2)OCO3)cc1. The first-order valence-electron chi connectivity index (χ1n) is 7.31. The fourth-order valence-corrected chi connectivity index (χ4v) is 2.49. The largest absolute Gasteiger partial charge is 0.494 e. The van der Waals surface area contributed by atoms with Gasteiger partial charge in [-0.25, -0.2) is 0 Å². The molecule has 1 aliphatic heterocycles. The van der Waals surface area contributed by atoms with Crippen LogP contribution in [0.1, 0.15) is 24.0 Å². The average Bonchev–Trinajstić information content (AvgIpc) is 3.02. The zero-order valence-corrected chi connectivity index (χ0v) is 12.4. The van der Waals surface area contributed by atoms with Crippen LogP contribution in [0.2, 0.25) is 0 Å². The standard InChI is InChI=1S/C18H17NO3/c1-2-20-16-6-3-13(4-7-16)9-15(11-19)14-5-8-17-18(10-14)22-12-21-17/h3-8,10,15H,2,9,12H2,1H3. The molecule has 0 saturated heterocycles. The monoisotopic (exact) mass is 295 g/mol. The lowest BCUT2D eigenvalue weighted by atomic mass is 9.93. The lowest BCUT2D eigenvalue weighted by molar-refractivity contribution is 0.174. The lowest BCUT2D eigenvalue weighted by Crippen LogP contribution is -2.01. The van der Waals surface area contributed by atoms with Gasteiger partial charge in [0.2, 0.25) is 6.79 Å². The van der Waals surface area contributed by atoms with Crippen molar-refractivity contribution >= 4 is 0 Å². The molecular weight excluding hydrogens is 278 g/mol. The van der Waals surface area contributed by atoms with Gasteiger partial charge in [0.05, 0.1) is 18.6 Å². The zero-order valence-electron chi connectivity index (χ0n) is 12.4. The topological polar surface area (TPSA) is 51.5 Å². The highest BCUT2D eigenvalue weighted by Gasteiger charge is 2.18. The normalized spacial score (nSPS) is 13.5. The molecule has 3 rings (SSSR count). The Hall–Kier alpha value is -2.67. The maximum Gasteiger partial charge on any atom is 0.231 e. The van der Waals surface area contributed by atoms with Crippen LogP contribution in [0.5, 0.6) is 17.2 Å². The highest BCUT2D eigenvalue weighted by Crippen LogP contribution is 2.35. The molecular formula is C18H17NO3. The van der Waals surface area contributed by atoms with E-state index in [9.17, 15) is 5.26 Å². The summed E-state index contributed by atoms with van der Waals surface area (Å²) < 4.78 is 16.1. The van der Waals surface area contributed by atoms with E-state index in [0.29, 0.717) is 18.8 Å². The second-order valence-corrected chi connectivity index (χ2v) is 5.08. The van der Waals surface area contributed by atoms with Gasteiger partial charge in [0.1, 0.15) is 5.75 Å². The first kappa shape index (κ1) is 14.3. The number of nitrogens with zero attached hydrogens (tertiary/aromatic N) is 1. The molecule has 0 spiro atoms. The predicted octanol–water partition coefficient (Wildman–Crippen LogP) is 3.66. The number of fused-ring (bicyclic) bond motifs is 1. The van der Waals surface area contributed by atoms with Crippen molar-refractivity contribution < 1.29 is 14.2 Å². The number of ether oxygens (including phenoxy) is 3. The van der Waals surface area contributed by atoms with E-state index in [4.69, 9.17) is 14.2 Å². The number of hydrogen-bond donors (Lipinski definition) is 0. The number of hydrogen-bond acceptors (Lipinski definition) is 4. The maximum absolute atomic E-state index is 9.48. The van der Waals surface area contributed by atoms with Crippen LogP contribution in [0.3, 0.4) is 0 Å². The first-order chi connectivity index (χ1) is 10.8. The fourth-order valence-electron chi connectivity index (χ4n) is 2.49. The van der Waals surface area contributed by atoms with Crippen molar-refractivity contribution in [1.29, 1.82) is 5.26 Å². The summed E-state index contributed by atoms with van der Waals surface area (Å²) in [4.78, 5) is 0. The smallest absolute Gasteiger partial charge is 0.231 e. The third-order valence-electron chi connectivity index (χ3n) is 3.63. The molecule has 2 aromatic carbocycles. The summed E-state index contributed by atoms with van der Waals surface area (Å²) in [6, 6.07) is 15.9. The molecule has 0 saturated carbocycles. The Bertz CT molecular complexity index is 688. The second-order valence-electron chi connectivity index (χ2n) is 5.08. The van der Waals surface area contributed by atoms with Crippen LogP contribution >= 0.6 is 0 Å². The van der Waals surface area contributed by atoms with Crippen LogP contribution in [0.15, 0.2) is 42.5 Å². The molecule has 1 aliphatic rings. The Morgan fingerprint density at radius 1 is 1.14 bits per heavy atom. The van der Waals surface area contributed by atoms with Crippen LogP contribution in [-0.4, -0.2) is 13.4 Å². The minimum atomic E-state index is -0.215. The van der Waals surface area contributed by atoms with Crippen molar-refractivity contribution in [3.63, 3.8) is 0 Å². The minimum Gasteiger partial charge on any atom is -0.494 e. The van der Waals surface area contributed by atoms with E-state index in [0.717, 1.165) is 22.6 Å². The maximum atomic E-state index is 9.48. The van der Waals surface area contributed by atoms with E-state index in [-0.39, 0.29) is 12.7 Å². The van der Waals surface area contributed by atoms with Gasteiger partial charge in [-0.05, 0) is 48.7 Å². The van der Waals surface area contributed by atoms with Crippen molar-refractivity contribution in [3.05, 3.63) is 53.6 Å². The zero-order chi connectivity index (χ0) is 15.4. The fraction of sp³-hybridized carbons (Fsp3) is 0.278. The van der Waals surface area contributed by atoms with Gasteiger partial charge >= 0.3 is 0 Å². The molecule has 0 radical (unpaired) electrons. The van der Waals surface area contributed by atoms with Crippen LogP contribution in [0, 0.1) is 11.3 Å². The number of rotatable bonds is 5. The van der Waals surface area contributed by atoms with E-state index in [1.807, 2.05) is 49.4 Å². The van der Waals surface area contributed by atoms with Crippen LogP contribution in [-0.2, 0) is 6.42 Å². The van der Waals surface area contributed by atoms with E-state index >= 15 is 0 Å². The molecule has 1 atom stereocenters. The minimum absolute atomic E-state index is 0.215. The van der Waals surface area contributed by atoms with Gasteiger partial charge in [-0.3, -0.25) is 0 Å². The van der Waals surface area contributed by atoms with Crippen molar-refractivity contribution in [3.8, 4) is 23.3 Å². The predicted molar refractivity (Wildman–Crippen MR) is 82.2 cm³/mol. The number of nitriles is 1. The Labute approximate surface area is 129 Å². The molecule has 1 heterocycles. The molecule has 0 N–H and O–H groups in total. The van der Waals surface area contributed by atoms with Crippen LogP contribution < -0.4 is 14.2 Å². The van der Waals surface area contributed by atoms with E-state index in [1.165, 1.54) is 0 Å². The molecule has 4 nitrogen and oxygen atoms in total. The highest BCUT2D eigenvalue weighted by molar-refractivity contribution is 5.46. The third-order valence-corrected chi connectivity index (χ3v) is 3.63. The summed E-state index contributed by atoms with van der Waals surface area (Å²) >= 11 is 0. The van der Waals surface area contributed by atoms with Gasteiger partial charge in [-0.1, -0.05) is 18.2 Å². The summed E-state index contributed by atoms with van der Waals surface area (Å²) in [7, 11) is 0. The number of benzene rings is 2. The first-order valence-corrected chi connectivity index (χ1v) is 7.31. The van der Waals surface area contributed by atoms with Gasteiger partial charge in [0, 0.05) is 0 Å². The lowest BCUT2D eigenvalue weighted by Gasteiger charge is -2.11. The molecule has 0 bridgehead atoms. The van der Waals surface area contributed by atoms with Crippen molar-refractivity contribution in [2.75, 3.05) is 13.4 Å². The molecule has 1 unspecified atom stereocenters. The Morgan fingerprint density at radius 3 is 2.64 bits per heavy atom. The van der Waals surface area contributed by atoms with Gasteiger partial charge in [0.25, 0.3) is 0 Å². The molecule has 2 aromatic rings. The quantitative estimate of drug-likeness (QED) is 0.844. The van der Waals surface area contributed by atoms with Crippen molar-refractivity contribution in [2.24, 2.45) is 0 Å². The van der Waals surface area contributed by atoms with E-state index < -0.39 is 0 Å². The Balaban J connectivity index is 1.75. The molecule has 0 aliphatic carbocycles. The van der Waals surface area contributed by atoms with E-state index in [2.05, 4.69) is 6.07 Å². The van der Waals surface area contributed by atoms with E-state index in [1.54, 1.807) is 0 Å². The van der Waals surface area contributed by atoms with Gasteiger partial charge in [0.15, 0.2) is 11.5 Å². The third kappa shape index (κ3) is 2.99. The molecule has 22 heavy (non-hydrogen) atoms. The molecule has 0 fully saturated rings. The average molecular weight is 295 g/mol. The summed E-state index contributed by atoms with van der Waals surface area (Å²) in [5.74, 6) is 2.08. The van der Waals surface area contributed by atoms with Crippen molar-refractivity contribution in [1.82, 2.24) is 0 Å². The summed E-state index contributed by atoms with van der Waals surface area (Å²) in [5, 5.41) is 9.48. The molecule has 112 valence electrons. The molecule has 4 heteroatoms. The van der Waals surface area contributed by atoms with Crippen molar-refractivity contribution in [2.45, 2.75) is 19.3 Å². The Kier molecular flexibility index (Phi) is 4.15. The van der Waals surface area contributed by atoms with Gasteiger partial charge < -0.3 is 14.2 Å². The summed E-state index contributed by atoms with van der Waals surface area (Å²) in [6.07, 6.45) is 0.655. The van der Waals surface area contributed by atoms with Gasteiger partial charge in [-0.15, -0.1) is 0 Å². The van der Waals surface area contributed by atoms with Crippen LogP contribution in [0.4, 0.5) is 0 Å². The summed E-state index contributed by atoms with van der Waals surface area (Å²) in [6.45, 7) is 2.85. The Morgan fingerprint density at radius 2 is 1.91 bits per heavy atom. The summed E-state index contributed by atoms with van der Waals surface area (Å²) in [5.41, 5.74) is 2.05. The molecule has 0 amide bonds. The second kappa shape index (κ2) is 6.40. The van der Waals surface area contributed by atoms with Gasteiger partial charge in [-0.2, -0.15) is 5.26 Å². The molecule has 0 aromatic heterocycles.